The van der Waals surface area contributed by atoms with Gasteiger partial charge in [-0.25, -0.2) is 9.78 Å². The van der Waals surface area contributed by atoms with E-state index in [1.54, 1.807) is 18.2 Å². The SMILES string of the molecule is CC(C)Cc1ccc([C@@H](C)NC(=O)COC(=O)c2ccccn2)cc1. The number of pyridine rings is 1. The van der Waals surface area contributed by atoms with Gasteiger partial charge in [-0.1, -0.05) is 44.2 Å². The first-order valence-electron chi connectivity index (χ1n) is 8.42. The van der Waals surface area contributed by atoms with E-state index < -0.39 is 5.97 Å². The van der Waals surface area contributed by atoms with Gasteiger partial charge in [-0.3, -0.25) is 4.79 Å². The van der Waals surface area contributed by atoms with Crippen LogP contribution in [0.25, 0.3) is 0 Å². The highest BCUT2D eigenvalue weighted by Crippen LogP contribution is 2.15. The summed E-state index contributed by atoms with van der Waals surface area (Å²) in [7, 11) is 0. The van der Waals surface area contributed by atoms with Gasteiger partial charge in [-0.15, -0.1) is 0 Å². The van der Waals surface area contributed by atoms with Crippen molar-refractivity contribution in [1.29, 1.82) is 0 Å². The number of rotatable bonds is 7. The molecule has 0 unspecified atom stereocenters. The number of hydrogen-bond donors (Lipinski definition) is 1. The molecule has 0 bridgehead atoms. The van der Waals surface area contributed by atoms with Gasteiger partial charge in [0.15, 0.2) is 6.61 Å². The largest absolute Gasteiger partial charge is 0.451 e. The van der Waals surface area contributed by atoms with Crippen molar-refractivity contribution in [3.05, 3.63) is 65.5 Å². The van der Waals surface area contributed by atoms with Gasteiger partial charge in [-0.05, 0) is 42.5 Å². The van der Waals surface area contributed by atoms with Gasteiger partial charge in [0.1, 0.15) is 5.69 Å². The van der Waals surface area contributed by atoms with Gasteiger partial charge in [-0.2, -0.15) is 0 Å². The van der Waals surface area contributed by atoms with Crippen LogP contribution in [0.2, 0.25) is 0 Å². The van der Waals surface area contributed by atoms with E-state index in [-0.39, 0.29) is 24.2 Å². The first-order chi connectivity index (χ1) is 12.0. The van der Waals surface area contributed by atoms with Crippen molar-refractivity contribution >= 4 is 11.9 Å². The lowest BCUT2D eigenvalue weighted by Crippen LogP contribution is -2.31. The Labute approximate surface area is 148 Å². The standard InChI is InChI=1S/C20H24N2O3/c1-14(2)12-16-7-9-17(10-8-16)15(3)22-19(23)13-25-20(24)18-6-4-5-11-21-18/h4-11,14-15H,12-13H2,1-3H3,(H,22,23)/t15-/m1/s1. The number of nitrogens with one attached hydrogen (secondary N) is 1. The molecule has 1 N–H and O–H groups in total. The maximum absolute atomic E-state index is 12.0. The third-order valence-electron chi connectivity index (χ3n) is 3.71. The number of hydrogen-bond acceptors (Lipinski definition) is 4. The minimum absolute atomic E-state index is 0.158. The zero-order valence-corrected chi connectivity index (χ0v) is 14.9. The van der Waals surface area contributed by atoms with E-state index in [2.05, 4.69) is 36.3 Å². The van der Waals surface area contributed by atoms with Crippen LogP contribution in [0.1, 0.15) is 48.4 Å². The van der Waals surface area contributed by atoms with Crippen LogP contribution in [-0.2, 0) is 16.0 Å². The van der Waals surface area contributed by atoms with Crippen LogP contribution in [-0.4, -0.2) is 23.5 Å². The van der Waals surface area contributed by atoms with Crippen molar-refractivity contribution in [1.82, 2.24) is 10.3 Å². The highest BCUT2D eigenvalue weighted by Gasteiger charge is 2.13. The molecule has 1 aromatic carbocycles. The normalized spacial score (nSPS) is 11.8. The molecule has 5 heteroatoms. The highest BCUT2D eigenvalue weighted by molar-refractivity contribution is 5.89. The molecule has 1 aromatic heterocycles. The van der Waals surface area contributed by atoms with Crippen LogP contribution >= 0.6 is 0 Å². The fraction of sp³-hybridized carbons (Fsp3) is 0.350. The van der Waals surface area contributed by atoms with Crippen molar-refractivity contribution in [3.8, 4) is 0 Å². The number of esters is 1. The van der Waals surface area contributed by atoms with Gasteiger partial charge in [0.05, 0.1) is 6.04 Å². The minimum atomic E-state index is -0.610. The molecule has 0 radical (unpaired) electrons. The number of carbonyl (C=O) groups excluding carboxylic acids is 2. The molecule has 1 atom stereocenters. The van der Waals surface area contributed by atoms with E-state index >= 15 is 0 Å². The fourth-order valence-electron chi connectivity index (χ4n) is 2.47. The van der Waals surface area contributed by atoms with Crippen LogP contribution in [0, 0.1) is 5.92 Å². The van der Waals surface area contributed by atoms with Crippen molar-refractivity contribution in [3.63, 3.8) is 0 Å². The van der Waals surface area contributed by atoms with E-state index in [9.17, 15) is 9.59 Å². The summed E-state index contributed by atoms with van der Waals surface area (Å²) >= 11 is 0. The fourth-order valence-corrected chi connectivity index (χ4v) is 2.47. The molecule has 2 aromatic rings. The van der Waals surface area contributed by atoms with E-state index in [1.807, 2.05) is 19.1 Å². The summed E-state index contributed by atoms with van der Waals surface area (Å²) in [6.45, 7) is 5.94. The third-order valence-corrected chi connectivity index (χ3v) is 3.71. The lowest BCUT2D eigenvalue weighted by molar-refractivity contribution is -0.124. The highest BCUT2D eigenvalue weighted by atomic mass is 16.5. The number of amides is 1. The molecule has 2 rings (SSSR count). The van der Waals surface area contributed by atoms with Crippen molar-refractivity contribution in [2.75, 3.05) is 6.61 Å². The van der Waals surface area contributed by atoms with Crippen LogP contribution in [0.5, 0.6) is 0 Å². The minimum Gasteiger partial charge on any atom is -0.451 e. The van der Waals surface area contributed by atoms with Crippen LogP contribution in [0.4, 0.5) is 0 Å². The Balaban J connectivity index is 1.82. The Morgan fingerprint density at radius 3 is 2.40 bits per heavy atom. The Kier molecular flexibility index (Phi) is 6.69. The third kappa shape index (κ3) is 6.03. The summed E-state index contributed by atoms with van der Waals surface area (Å²) in [5.41, 5.74) is 2.47. The number of aromatic nitrogens is 1. The van der Waals surface area contributed by atoms with Crippen molar-refractivity contribution in [2.45, 2.75) is 33.2 Å². The van der Waals surface area contributed by atoms with E-state index in [4.69, 9.17) is 4.74 Å². The summed E-state index contributed by atoms with van der Waals surface area (Å²) in [5, 5.41) is 2.83. The van der Waals surface area contributed by atoms with E-state index in [0.29, 0.717) is 5.92 Å². The maximum atomic E-state index is 12.0. The molecule has 0 saturated carbocycles. The van der Waals surface area contributed by atoms with Crippen LogP contribution < -0.4 is 5.32 Å². The lowest BCUT2D eigenvalue weighted by Gasteiger charge is -2.15. The molecule has 0 saturated heterocycles. The second kappa shape index (κ2) is 8.97. The molecule has 0 spiro atoms. The summed E-state index contributed by atoms with van der Waals surface area (Å²) < 4.78 is 4.98. The smallest absolute Gasteiger partial charge is 0.357 e. The monoisotopic (exact) mass is 340 g/mol. The van der Waals surface area contributed by atoms with Crippen molar-refractivity contribution in [2.24, 2.45) is 5.92 Å². The summed E-state index contributed by atoms with van der Waals surface area (Å²) in [6, 6.07) is 13.0. The lowest BCUT2D eigenvalue weighted by atomic mass is 10.00. The second-order valence-electron chi connectivity index (χ2n) is 6.42. The molecular formula is C20H24N2O3. The van der Waals surface area contributed by atoms with Crippen LogP contribution in [0.15, 0.2) is 48.7 Å². The topological polar surface area (TPSA) is 68.3 Å². The van der Waals surface area contributed by atoms with E-state index in [0.717, 1.165) is 12.0 Å². The number of ether oxygens (including phenoxy) is 1. The molecule has 0 fully saturated rings. The summed E-state index contributed by atoms with van der Waals surface area (Å²) in [6.07, 6.45) is 2.53. The Morgan fingerprint density at radius 1 is 1.08 bits per heavy atom. The quantitative estimate of drug-likeness (QED) is 0.785. The Morgan fingerprint density at radius 2 is 1.80 bits per heavy atom. The molecular weight excluding hydrogens is 316 g/mol. The molecule has 5 nitrogen and oxygen atoms in total. The van der Waals surface area contributed by atoms with Gasteiger partial charge in [0.2, 0.25) is 0 Å². The molecule has 0 aliphatic rings. The molecule has 25 heavy (non-hydrogen) atoms. The average molecular weight is 340 g/mol. The summed E-state index contributed by atoms with van der Waals surface area (Å²) in [4.78, 5) is 27.6. The van der Waals surface area contributed by atoms with Gasteiger partial charge < -0.3 is 10.1 Å². The summed E-state index contributed by atoms with van der Waals surface area (Å²) in [5.74, 6) is -0.346. The Bertz CT molecular complexity index is 697. The molecule has 0 aliphatic heterocycles. The number of nitrogens with zero attached hydrogens (tertiary/aromatic N) is 1. The molecule has 132 valence electrons. The number of benzene rings is 1. The van der Waals surface area contributed by atoms with Gasteiger partial charge >= 0.3 is 5.97 Å². The predicted octanol–water partition coefficient (Wildman–Crippen LogP) is 3.31. The van der Waals surface area contributed by atoms with Gasteiger partial charge in [0, 0.05) is 6.20 Å². The molecule has 1 heterocycles. The Hall–Kier alpha value is -2.69. The molecule has 0 aliphatic carbocycles. The first kappa shape index (κ1) is 18.6. The second-order valence-corrected chi connectivity index (χ2v) is 6.42. The zero-order chi connectivity index (χ0) is 18.2. The maximum Gasteiger partial charge on any atom is 0.357 e. The number of carbonyl (C=O) groups is 2. The van der Waals surface area contributed by atoms with Crippen LogP contribution in [0.3, 0.4) is 0 Å². The van der Waals surface area contributed by atoms with Gasteiger partial charge in [0.25, 0.3) is 5.91 Å². The first-order valence-corrected chi connectivity index (χ1v) is 8.42. The predicted molar refractivity (Wildman–Crippen MR) is 96.1 cm³/mol. The molecule has 1 amide bonds. The van der Waals surface area contributed by atoms with Crippen molar-refractivity contribution < 1.29 is 14.3 Å². The average Bonchev–Trinajstić information content (AvgIpc) is 2.60. The van der Waals surface area contributed by atoms with E-state index in [1.165, 1.54) is 11.8 Å². The zero-order valence-electron chi connectivity index (χ0n) is 14.9.